The van der Waals surface area contributed by atoms with Crippen molar-refractivity contribution in [3.05, 3.63) is 79.4 Å². The standard InChI is InChI=1S/C18H15ClN4O2S/c1-2-22-17(14-4-3-5-16(10-14)23(24)25)12-26-18(22)21-20-11-13-6-8-15(19)9-7-13/h3-12H,2H2,1H3/b20-11-,21-18-. The maximum atomic E-state index is 11.0. The van der Waals surface area contributed by atoms with Crippen LogP contribution in [0, 0.1) is 10.1 Å². The van der Waals surface area contributed by atoms with Gasteiger partial charge in [-0.15, -0.1) is 16.4 Å². The smallest absolute Gasteiger partial charge is 0.270 e. The van der Waals surface area contributed by atoms with Crippen LogP contribution in [0.5, 0.6) is 0 Å². The van der Waals surface area contributed by atoms with E-state index in [-0.39, 0.29) is 5.69 Å². The van der Waals surface area contributed by atoms with Gasteiger partial charge in [0.05, 0.1) is 16.8 Å². The normalized spacial score (nSPS) is 12.0. The molecule has 0 saturated heterocycles. The minimum atomic E-state index is -0.395. The highest BCUT2D eigenvalue weighted by molar-refractivity contribution is 7.07. The quantitative estimate of drug-likeness (QED) is 0.361. The molecule has 0 bridgehead atoms. The number of nitrogens with zero attached hydrogens (tertiary/aromatic N) is 4. The van der Waals surface area contributed by atoms with Crippen molar-refractivity contribution in [1.82, 2.24) is 4.57 Å². The Morgan fingerprint density at radius 1 is 1.27 bits per heavy atom. The van der Waals surface area contributed by atoms with Crippen molar-refractivity contribution < 1.29 is 4.92 Å². The fourth-order valence-electron chi connectivity index (χ4n) is 2.42. The van der Waals surface area contributed by atoms with Crippen molar-refractivity contribution in [3.63, 3.8) is 0 Å². The average Bonchev–Trinajstić information content (AvgIpc) is 3.06. The zero-order chi connectivity index (χ0) is 18.5. The van der Waals surface area contributed by atoms with Crippen LogP contribution in [0.25, 0.3) is 11.3 Å². The summed E-state index contributed by atoms with van der Waals surface area (Å²) >= 11 is 7.30. The highest BCUT2D eigenvalue weighted by atomic mass is 35.5. The Kier molecular flexibility index (Phi) is 5.60. The summed E-state index contributed by atoms with van der Waals surface area (Å²) in [5.74, 6) is 0. The summed E-state index contributed by atoms with van der Waals surface area (Å²) in [6.07, 6.45) is 1.66. The molecule has 0 N–H and O–H groups in total. The summed E-state index contributed by atoms with van der Waals surface area (Å²) in [4.78, 5) is 11.3. The van der Waals surface area contributed by atoms with E-state index in [2.05, 4.69) is 10.2 Å². The van der Waals surface area contributed by atoms with Crippen LogP contribution in [0.1, 0.15) is 12.5 Å². The van der Waals surface area contributed by atoms with Gasteiger partial charge in [0.1, 0.15) is 0 Å². The predicted molar refractivity (Wildman–Crippen MR) is 105 cm³/mol. The number of benzene rings is 2. The second kappa shape index (κ2) is 8.07. The van der Waals surface area contributed by atoms with E-state index in [9.17, 15) is 10.1 Å². The zero-order valence-corrected chi connectivity index (χ0v) is 15.4. The number of nitro groups is 1. The van der Waals surface area contributed by atoms with Gasteiger partial charge in [0, 0.05) is 34.6 Å². The second-order valence-corrected chi connectivity index (χ2v) is 6.62. The molecule has 3 aromatic rings. The number of aromatic nitrogens is 1. The molecule has 0 aliphatic carbocycles. The molecule has 0 radical (unpaired) electrons. The van der Waals surface area contributed by atoms with Gasteiger partial charge in [0.25, 0.3) is 5.69 Å². The Balaban J connectivity index is 1.94. The molecular weight excluding hydrogens is 372 g/mol. The molecule has 0 atom stereocenters. The third-order valence-corrected chi connectivity index (χ3v) is 4.79. The van der Waals surface area contributed by atoms with Gasteiger partial charge in [0.2, 0.25) is 4.80 Å². The average molecular weight is 387 g/mol. The first-order valence-corrected chi connectivity index (χ1v) is 9.10. The fraction of sp³-hybridized carbons (Fsp3) is 0.111. The highest BCUT2D eigenvalue weighted by Crippen LogP contribution is 2.24. The molecule has 132 valence electrons. The van der Waals surface area contributed by atoms with Crippen molar-refractivity contribution in [2.75, 3.05) is 0 Å². The minimum Gasteiger partial charge on any atom is -0.315 e. The third-order valence-electron chi connectivity index (χ3n) is 3.69. The maximum absolute atomic E-state index is 11.0. The lowest BCUT2D eigenvalue weighted by atomic mass is 10.1. The second-order valence-electron chi connectivity index (χ2n) is 5.35. The van der Waals surface area contributed by atoms with Crippen molar-refractivity contribution in [2.24, 2.45) is 10.2 Å². The molecule has 0 fully saturated rings. The van der Waals surface area contributed by atoms with Crippen LogP contribution in [-0.4, -0.2) is 15.7 Å². The Morgan fingerprint density at radius 2 is 2.04 bits per heavy atom. The Labute approximate surface area is 158 Å². The van der Waals surface area contributed by atoms with Gasteiger partial charge < -0.3 is 4.57 Å². The topological polar surface area (TPSA) is 72.8 Å². The van der Waals surface area contributed by atoms with Gasteiger partial charge in [-0.05, 0) is 24.6 Å². The number of halogens is 1. The van der Waals surface area contributed by atoms with E-state index in [1.165, 1.54) is 17.4 Å². The first-order valence-electron chi connectivity index (χ1n) is 7.84. The molecule has 3 rings (SSSR count). The molecule has 8 heteroatoms. The molecular formula is C18H15ClN4O2S. The lowest BCUT2D eigenvalue weighted by molar-refractivity contribution is -0.384. The summed E-state index contributed by atoms with van der Waals surface area (Å²) in [5, 5.41) is 22.0. The third kappa shape index (κ3) is 4.07. The van der Waals surface area contributed by atoms with Crippen LogP contribution in [0.15, 0.2) is 64.1 Å². The SMILES string of the molecule is CCn1c(-c2cccc([N+](=O)[O-])c2)cs/c1=N\N=C/c1ccc(Cl)cc1. The Morgan fingerprint density at radius 3 is 2.73 bits per heavy atom. The number of rotatable bonds is 5. The zero-order valence-electron chi connectivity index (χ0n) is 13.9. The van der Waals surface area contributed by atoms with Crippen LogP contribution in [0.4, 0.5) is 5.69 Å². The highest BCUT2D eigenvalue weighted by Gasteiger charge is 2.11. The Bertz CT molecular complexity index is 1020. The van der Waals surface area contributed by atoms with Gasteiger partial charge in [0.15, 0.2) is 0 Å². The molecule has 0 saturated carbocycles. The molecule has 0 aliphatic rings. The Hall–Kier alpha value is -2.77. The monoisotopic (exact) mass is 386 g/mol. The molecule has 0 spiro atoms. The molecule has 0 aliphatic heterocycles. The van der Waals surface area contributed by atoms with Crippen molar-refractivity contribution >= 4 is 34.8 Å². The molecule has 1 aromatic heterocycles. The maximum Gasteiger partial charge on any atom is 0.270 e. The lowest BCUT2D eigenvalue weighted by Gasteiger charge is -2.05. The summed E-state index contributed by atoms with van der Waals surface area (Å²) in [7, 11) is 0. The fourth-order valence-corrected chi connectivity index (χ4v) is 3.47. The number of hydrogen-bond acceptors (Lipinski definition) is 5. The molecule has 6 nitrogen and oxygen atoms in total. The summed E-state index contributed by atoms with van der Waals surface area (Å²) < 4.78 is 1.98. The molecule has 0 amide bonds. The largest absolute Gasteiger partial charge is 0.315 e. The molecule has 0 unspecified atom stereocenters. The van der Waals surface area contributed by atoms with Gasteiger partial charge in [-0.25, -0.2) is 0 Å². The van der Waals surface area contributed by atoms with E-state index in [0.717, 1.165) is 21.6 Å². The van der Waals surface area contributed by atoms with E-state index in [1.807, 2.05) is 35.1 Å². The number of thiazole rings is 1. The first-order chi connectivity index (χ1) is 12.6. The van der Waals surface area contributed by atoms with Gasteiger partial charge >= 0.3 is 0 Å². The lowest BCUT2D eigenvalue weighted by Crippen LogP contribution is -2.14. The van der Waals surface area contributed by atoms with Crippen molar-refractivity contribution in [2.45, 2.75) is 13.5 Å². The van der Waals surface area contributed by atoms with Crippen LogP contribution in [0.2, 0.25) is 5.02 Å². The van der Waals surface area contributed by atoms with E-state index in [0.29, 0.717) is 11.6 Å². The van der Waals surface area contributed by atoms with Gasteiger partial charge in [-0.2, -0.15) is 5.10 Å². The van der Waals surface area contributed by atoms with Gasteiger partial charge in [-0.1, -0.05) is 35.9 Å². The van der Waals surface area contributed by atoms with Crippen molar-refractivity contribution in [1.29, 1.82) is 0 Å². The van der Waals surface area contributed by atoms with Crippen LogP contribution in [-0.2, 0) is 6.54 Å². The van der Waals surface area contributed by atoms with E-state index >= 15 is 0 Å². The number of nitro benzene ring substituents is 1. The summed E-state index contributed by atoms with van der Waals surface area (Å²) in [6.45, 7) is 2.67. The van der Waals surface area contributed by atoms with E-state index in [1.54, 1.807) is 30.5 Å². The van der Waals surface area contributed by atoms with E-state index in [4.69, 9.17) is 11.6 Å². The predicted octanol–water partition coefficient (Wildman–Crippen LogP) is 4.73. The molecule has 26 heavy (non-hydrogen) atoms. The van der Waals surface area contributed by atoms with Crippen LogP contribution >= 0.6 is 22.9 Å². The van der Waals surface area contributed by atoms with Crippen molar-refractivity contribution in [3.8, 4) is 11.3 Å². The molecule has 2 aromatic carbocycles. The minimum absolute atomic E-state index is 0.0654. The molecule has 1 heterocycles. The number of hydrogen-bond donors (Lipinski definition) is 0. The number of non-ortho nitro benzene ring substituents is 1. The summed E-state index contributed by atoms with van der Waals surface area (Å²) in [5.41, 5.74) is 2.62. The first kappa shape index (κ1) is 18.0. The van der Waals surface area contributed by atoms with Gasteiger partial charge in [-0.3, -0.25) is 10.1 Å². The van der Waals surface area contributed by atoms with Crippen LogP contribution in [0.3, 0.4) is 0 Å². The summed E-state index contributed by atoms with van der Waals surface area (Å²) in [6, 6.07) is 13.9. The van der Waals surface area contributed by atoms with Crippen LogP contribution < -0.4 is 4.80 Å². The van der Waals surface area contributed by atoms with E-state index < -0.39 is 4.92 Å².